The van der Waals surface area contributed by atoms with Crippen LogP contribution < -0.4 is 10.6 Å². The molecule has 1 atom stereocenters. The molecule has 0 aromatic rings. The van der Waals surface area contributed by atoms with Gasteiger partial charge in [0.15, 0.2) is 0 Å². The molecular weight excluding hydrogens is 218 g/mol. The molecule has 0 spiro atoms. The summed E-state index contributed by atoms with van der Waals surface area (Å²) in [7, 11) is 0. The molecule has 1 unspecified atom stereocenters. The SMILES string of the molecule is CC1CN(CC(=O)NC2CCOCC2)CCN1. The molecule has 2 N–H and O–H groups in total. The summed E-state index contributed by atoms with van der Waals surface area (Å²) in [6.45, 7) is 7.13. The van der Waals surface area contributed by atoms with Gasteiger partial charge >= 0.3 is 0 Å². The Balaban J connectivity index is 1.68. The van der Waals surface area contributed by atoms with E-state index in [9.17, 15) is 4.79 Å². The molecule has 2 fully saturated rings. The van der Waals surface area contributed by atoms with Crippen molar-refractivity contribution in [1.29, 1.82) is 0 Å². The highest BCUT2D eigenvalue weighted by Crippen LogP contribution is 2.06. The Morgan fingerprint density at radius 1 is 1.47 bits per heavy atom. The number of hydrogen-bond acceptors (Lipinski definition) is 4. The van der Waals surface area contributed by atoms with Crippen LogP contribution in [0.5, 0.6) is 0 Å². The smallest absolute Gasteiger partial charge is 0.234 e. The Kier molecular flexibility index (Phi) is 4.76. The first kappa shape index (κ1) is 12.8. The van der Waals surface area contributed by atoms with Crippen LogP contribution in [-0.4, -0.2) is 62.3 Å². The second-order valence-corrected chi connectivity index (χ2v) is 5.04. The minimum absolute atomic E-state index is 0.158. The Morgan fingerprint density at radius 3 is 2.94 bits per heavy atom. The quantitative estimate of drug-likeness (QED) is 0.704. The molecular formula is C12H23N3O2. The van der Waals surface area contributed by atoms with Gasteiger partial charge < -0.3 is 15.4 Å². The molecule has 1 amide bonds. The van der Waals surface area contributed by atoms with E-state index in [-0.39, 0.29) is 5.91 Å². The maximum Gasteiger partial charge on any atom is 0.234 e. The van der Waals surface area contributed by atoms with Crippen molar-refractivity contribution >= 4 is 5.91 Å². The van der Waals surface area contributed by atoms with Gasteiger partial charge in [-0.2, -0.15) is 0 Å². The van der Waals surface area contributed by atoms with Crippen LogP contribution in [0, 0.1) is 0 Å². The molecule has 2 saturated heterocycles. The topological polar surface area (TPSA) is 53.6 Å². The van der Waals surface area contributed by atoms with Crippen molar-refractivity contribution in [1.82, 2.24) is 15.5 Å². The largest absolute Gasteiger partial charge is 0.381 e. The molecule has 17 heavy (non-hydrogen) atoms. The van der Waals surface area contributed by atoms with E-state index in [2.05, 4.69) is 22.5 Å². The summed E-state index contributed by atoms with van der Waals surface area (Å²) in [6, 6.07) is 0.802. The van der Waals surface area contributed by atoms with E-state index in [1.807, 2.05) is 0 Å². The van der Waals surface area contributed by atoms with E-state index in [1.54, 1.807) is 0 Å². The van der Waals surface area contributed by atoms with Crippen LogP contribution in [0.1, 0.15) is 19.8 Å². The normalized spacial score (nSPS) is 27.9. The summed E-state index contributed by atoms with van der Waals surface area (Å²) in [6.07, 6.45) is 1.90. The molecule has 2 aliphatic heterocycles. The maximum absolute atomic E-state index is 11.9. The predicted molar refractivity (Wildman–Crippen MR) is 65.9 cm³/mol. The van der Waals surface area contributed by atoms with Gasteiger partial charge in [0.2, 0.25) is 5.91 Å². The van der Waals surface area contributed by atoms with Crippen molar-refractivity contribution in [2.24, 2.45) is 0 Å². The molecule has 5 heteroatoms. The fraction of sp³-hybridized carbons (Fsp3) is 0.917. The van der Waals surface area contributed by atoms with Gasteiger partial charge in [-0.1, -0.05) is 0 Å². The van der Waals surface area contributed by atoms with Crippen LogP contribution in [0.2, 0.25) is 0 Å². The van der Waals surface area contributed by atoms with E-state index >= 15 is 0 Å². The highest BCUT2D eigenvalue weighted by atomic mass is 16.5. The molecule has 2 aliphatic rings. The molecule has 0 aromatic carbocycles. The highest BCUT2D eigenvalue weighted by Gasteiger charge is 2.20. The lowest BCUT2D eigenvalue weighted by Crippen LogP contribution is -2.52. The van der Waals surface area contributed by atoms with Gasteiger partial charge in [-0.15, -0.1) is 0 Å². The van der Waals surface area contributed by atoms with Gasteiger partial charge in [-0.3, -0.25) is 9.69 Å². The van der Waals surface area contributed by atoms with Crippen molar-refractivity contribution in [2.45, 2.75) is 31.8 Å². The summed E-state index contributed by atoms with van der Waals surface area (Å²) < 4.78 is 5.28. The summed E-state index contributed by atoms with van der Waals surface area (Å²) in [5.74, 6) is 0.158. The van der Waals surface area contributed by atoms with Crippen molar-refractivity contribution in [3.63, 3.8) is 0 Å². The van der Waals surface area contributed by atoms with Crippen LogP contribution in [0.4, 0.5) is 0 Å². The van der Waals surface area contributed by atoms with Gasteiger partial charge in [0.05, 0.1) is 6.54 Å². The summed E-state index contributed by atoms with van der Waals surface area (Å²) >= 11 is 0. The molecule has 2 rings (SSSR count). The van der Waals surface area contributed by atoms with Gasteiger partial charge in [-0.25, -0.2) is 0 Å². The maximum atomic E-state index is 11.9. The number of carbonyl (C=O) groups is 1. The standard InChI is InChI=1S/C12H23N3O2/c1-10-8-15(5-4-13-10)9-12(16)14-11-2-6-17-7-3-11/h10-11,13H,2-9H2,1H3,(H,14,16). The Morgan fingerprint density at radius 2 is 2.24 bits per heavy atom. The number of nitrogens with one attached hydrogen (secondary N) is 2. The predicted octanol–water partition coefficient (Wildman–Crippen LogP) is -0.425. The summed E-state index contributed by atoms with van der Waals surface area (Å²) in [5.41, 5.74) is 0. The van der Waals surface area contributed by atoms with Crippen LogP contribution in [0.25, 0.3) is 0 Å². The summed E-state index contributed by atoms with van der Waals surface area (Å²) in [5, 5.41) is 6.48. The molecule has 0 aromatic heterocycles. The van der Waals surface area contributed by atoms with Gasteiger partial charge in [0.25, 0.3) is 0 Å². The van der Waals surface area contributed by atoms with Crippen molar-refractivity contribution in [2.75, 3.05) is 39.4 Å². The van der Waals surface area contributed by atoms with E-state index in [0.29, 0.717) is 18.6 Å². The molecule has 98 valence electrons. The zero-order chi connectivity index (χ0) is 12.1. The second-order valence-electron chi connectivity index (χ2n) is 5.04. The lowest BCUT2D eigenvalue weighted by Gasteiger charge is -2.32. The minimum atomic E-state index is 0.158. The number of piperazine rings is 1. The van der Waals surface area contributed by atoms with Crippen LogP contribution in [-0.2, 0) is 9.53 Å². The van der Waals surface area contributed by atoms with Crippen molar-refractivity contribution in [3.05, 3.63) is 0 Å². The molecule has 5 nitrogen and oxygen atoms in total. The number of rotatable bonds is 3. The zero-order valence-electron chi connectivity index (χ0n) is 10.6. The van der Waals surface area contributed by atoms with Crippen molar-refractivity contribution in [3.8, 4) is 0 Å². The fourth-order valence-electron chi connectivity index (χ4n) is 2.47. The number of amides is 1. The van der Waals surface area contributed by atoms with Crippen LogP contribution in [0.15, 0.2) is 0 Å². The molecule has 0 radical (unpaired) electrons. The number of hydrogen-bond donors (Lipinski definition) is 2. The third-order valence-electron chi connectivity index (χ3n) is 3.41. The molecule has 2 heterocycles. The molecule has 0 saturated carbocycles. The third kappa shape index (κ3) is 4.26. The zero-order valence-corrected chi connectivity index (χ0v) is 10.6. The fourth-order valence-corrected chi connectivity index (χ4v) is 2.47. The average molecular weight is 241 g/mol. The van der Waals surface area contributed by atoms with E-state index in [4.69, 9.17) is 4.74 Å². The minimum Gasteiger partial charge on any atom is -0.381 e. The summed E-state index contributed by atoms with van der Waals surface area (Å²) in [4.78, 5) is 14.1. The van der Waals surface area contributed by atoms with Gasteiger partial charge in [0, 0.05) is 44.9 Å². The number of nitrogens with zero attached hydrogens (tertiary/aromatic N) is 1. The van der Waals surface area contributed by atoms with Gasteiger partial charge in [0.1, 0.15) is 0 Å². The molecule has 0 bridgehead atoms. The average Bonchev–Trinajstić information content (AvgIpc) is 2.30. The van der Waals surface area contributed by atoms with Crippen LogP contribution in [0.3, 0.4) is 0 Å². The first-order chi connectivity index (χ1) is 8.24. The Bertz CT molecular complexity index is 254. The molecule has 0 aliphatic carbocycles. The second kappa shape index (κ2) is 6.33. The van der Waals surface area contributed by atoms with Gasteiger partial charge in [-0.05, 0) is 19.8 Å². The van der Waals surface area contributed by atoms with E-state index in [1.165, 1.54) is 0 Å². The lowest BCUT2D eigenvalue weighted by molar-refractivity contribution is -0.123. The number of ether oxygens (including phenoxy) is 1. The monoisotopic (exact) mass is 241 g/mol. The Labute approximate surface area is 103 Å². The van der Waals surface area contributed by atoms with E-state index < -0.39 is 0 Å². The Hall–Kier alpha value is -0.650. The third-order valence-corrected chi connectivity index (χ3v) is 3.41. The lowest BCUT2D eigenvalue weighted by atomic mass is 10.1. The van der Waals surface area contributed by atoms with Crippen molar-refractivity contribution < 1.29 is 9.53 Å². The van der Waals surface area contributed by atoms with Crippen LogP contribution >= 0.6 is 0 Å². The first-order valence-electron chi connectivity index (χ1n) is 6.57. The highest BCUT2D eigenvalue weighted by molar-refractivity contribution is 5.78. The van der Waals surface area contributed by atoms with E-state index in [0.717, 1.165) is 45.7 Å². The first-order valence-corrected chi connectivity index (χ1v) is 6.57. The number of carbonyl (C=O) groups excluding carboxylic acids is 1.